The third-order valence-corrected chi connectivity index (χ3v) is 3.94. The van der Waals surface area contributed by atoms with Crippen molar-refractivity contribution in [3.05, 3.63) is 59.7 Å². The van der Waals surface area contributed by atoms with E-state index in [2.05, 4.69) is 0 Å². The van der Waals surface area contributed by atoms with Crippen LogP contribution in [-0.4, -0.2) is 7.11 Å². The van der Waals surface area contributed by atoms with Crippen LogP contribution in [0.25, 0.3) is 0 Å². The van der Waals surface area contributed by atoms with Gasteiger partial charge in [0.15, 0.2) is 11.5 Å². The Labute approximate surface area is 125 Å². The van der Waals surface area contributed by atoms with E-state index in [-0.39, 0.29) is 6.04 Å². The molecular weight excluding hydrogens is 262 g/mol. The number of ether oxygens (including phenoxy) is 2. The highest BCUT2D eigenvalue weighted by Gasteiger charge is 2.29. The number of hydrogen-bond donors (Lipinski definition) is 1. The van der Waals surface area contributed by atoms with Crippen LogP contribution in [0.15, 0.2) is 48.5 Å². The van der Waals surface area contributed by atoms with Crippen molar-refractivity contribution in [2.24, 2.45) is 11.7 Å². The normalized spacial score (nSPS) is 15.5. The van der Waals surface area contributed by atoms with Crippen LogP contribution in [0, 0.1) is 5.92 Å². The van der Waals surface area contributed by atoms with Crippen molar-refractivity contribution in [1.82, 2.24) is 0 Å². The highest BCUT2D eigenvalue weighted by Crippen LogP contribution is 2.41. The molecule has 3 heteroatoms. The maximum absolute atomic E-state index is 6.24. The Balaban J connectivity index is 1.72. The summed E-state index contributed by atoms with van der Waals surface area (Å²) in [6.07, 6.45) is 2.46. The average Bonchev–Trinajstić information content (AvgIpc) is 3.38. The van der Waals surface area contributed by atoms with Crippen molar-refractivity contribution in [3.8, 4) is 11.5 Å². The molecule has 1 saturated carbocycles. The lowest BCUT2D eigenvalue weighted by molar-refractivity contribution is 0.284. The lowest BCUT2D eigenvalue weighted by Gasteiger charge is -2.15. The smallest absolute Gasteiger partial charge is 0.161 e. The van der Waals surface area contributed by atoms with E-state index in [0.29, 0.717) is 12.5 Å². The molecule has 21 heavy (non-hydrogen) atoms. The van der Waals surface area contributed by atoms with Gasteiger partial charge >= 0.3 is 0 Å². The fraction of sp³-hybridized carbons (Fsp3) is 0.333. The molecule has 0 amide bonds. The van der Waals surface area contributed by atoms with E-state index in [1.807, 2.05) is 48.5 Å². The van der Waals surface area contributed by atoms with E-state index >= 15 is 0 Å². The van der Waals surface area contributed by atoms with Gasteiger partial charge in [-0.25, -0.2) is 0 Å². The Morgan fingerprint density at radius 2 is 1.86 bits per heavy atom. The molecule has 3 nitrogen and oxygen atoms in total. The molecule has 0 heterocycles. The van der Waals surface area contributed by atoms with Gasteiger partial charge in [0.1, 0.15) is 6.61 Å². The lowest BCUT2D eigenvalue weighted by atomic mass is 10.0. The topological polar surface area (TPSA) is 44.5 Å². The summed E-state index contributed by atoms with van der Waals surface area (Å²) < 4.78 is 11.3. The lowest BCUT2D eigenvalue weighted by Crippen LogP contribution is -2.12. The molecule has 1 fully saturated rings. The summed E-state index contributed by atoms with van der Waals surface area (Å²) in [6.45, 7) is 0.533. The summed E-state index contributed by atoms with van der Waals surface area (Å²) in [5.41, 5.74) is 8.51. The van der Waals surface area contributed by atoms with Crippen molar-refractivity contribution < 1.29 is 9.47 Å². The summed E-state index contributed by atoms with van der Waals surface area (Å²) >= 11 is 0. The molecular formula is C18H21NO2. The summed E-state index contributed by atoms with van der Waals surface area (Å²) in [6, 6.07) is 16.2. The Hall–Kier alpha value is -2.00. The van der Waals surface area contributed by atoms with Crippen molar-refractivity contribution >= 4 is 0 Å². The fourth-order valence-corrected chi connectivity index (χ4v) is 2.47. The second kappa shape index (κ2) is 6.19. The van der Waals surface area contributed by atoms with E-state index < -0.39 is 0 Å². The molecule has 0 saturated heterocycles. The van der Waals surface area contributed by atoms with E-state index in [1.165, 1.54) is 12.8 Å². The van der Waals surface area contributed by atoms with Crippen molar-refractivity contribution in [1.29, 1.82) is 0 Å². The maximum Gasteiger partial charge on any atom is 0.161 e. The van der Waals surface area contributed by atoms with Gasteiger partial charge in [-0.2, -0.15) is 0 Å². The molecule has 2 N–H and O–H groups in total. The average molecular weight is 283 g/mol. The molecule has 110 valence electrons. The van der Waals surface area contributed by atoms with Gasteiger partial charge in [-0.15, -0.1) is 0 Å². The molecule has 0 radical (unpaired) electrons. The first-order chi connectivity index (χ1) is 10.3. The quantitative estimate of drug-likeness (QED) is 0.879. The van der Waals surface area contributed by atoms with Gasteiger partial charge in [-0.05, 0) is 42.0 Å². The van der Waals surface area contributed by atoms with Crippen LogP contribution < -0.4 is 15.2 Å². The monoisotopic (exact) mass is 283 g/mol. The van der Waals surface area contributed by atoms with Gasteiger partial charge in [0.05, 0.1) is 7.11 Å². The van der Waals surface area contributed by atoms with Crippen LogP contribution >= 0.6 is 0 Å². The van der Waals surface area contributed by atoms with Gasteiger partial charge in [-0.1, -0.05) is 36.4 Å². The van der Waals surface area contributed by atoms with E-state index in [4.69, 9.17) is 15.2 Å². The van der Waals surface area contributed by atoms with Gasteiger partial charge in [0.25, 0.3) is 0 Å². The van der Waals surface area contributed by atoms with Crippen LogP contribution in [0.3, 0.4) is 0 Å². The molecule has 2 aromatic rings. The number of benzene rings is 2. The Morgan fingerprint density at radius 1 is 1.10 bits per heavy atom. The highest BCUT2D eigenvalue weighted by molar-refractivity contribution is 5.44. The zero-order valence-corrected chi connectivity index (χ0v) is 12.3. The maximum atomic E-state index is 6.24. The van der Waals surface area contributed by atoms with Crippen LogP contribution in [-0.2, 0) is 6.61 Å². The van der Waals surface area contributed by atoms with Crippen molar-refractivity contribution in [2.45, 2.75) is 25.5 Å². The Bertz CT molecular complexity index is 593. The minimum absolute atomic E-state index is 0.113. The van der Waals surface area contributed by atoms with E-state index in [9.17, 15) is 0 Å². The van der Waals surface area contributed by atoms with Crippen LogP contribution in [0.5, 0.6) is 11.5 Å². The zero-order valence-electron chi connectivity index (χ0n) is 12.3. The molecule has 0 unspecified atom stereocenters. The second-order valence-electron chi connectivity index (χ2n) is 5.55. The fourth-order valence-electron chi connectivity index (χ4n) is 2.47. The van der Waals surface area contributed by atoms with Crippen molar-refractivity contribution in [2.75, 3.05) is 7.11 Å². The molecule has 2 aromatic carbocycles. The number of rotatable bonds is 6. The minimum Gasteiger partial charge on any atom is -0.493 e. The zero-order chi connectivity index (χ0) is 14.7. The molecule has 3 rings (SSSR count). The first-order valence-electron chi connectivity index (χ1n) is 7.38. The summed E-state index contributed by atoms with van der Waals surface area (Å²) in [4.78, 5) is 0. The molecule has 0 aliphatic heterocycles. The first kappa shape index (κ1) is 14.0. The Morgan fingerprint density at radius 3 is 2.52 bits per heavy atom. The molecule has 1 aliphatic rings. The van der Waals surface area contributed by atoms with Gasteiger partial charge < -0.3 is 15.2 Å². The van der Waals surface area contributed by atoms with Crippen LogP contribution in [0.4, 0.5) is 0 Å². The van der Waals surface area contributed by atoms with Gasteiger partial charge in [0, 0.05) is 6.04 Å². The standard InChI is InChI=1S/C18H21NO2/c1-20-17-11-15(18(19)14-7-8-14)9-10-16(17)21-12-13-5-3-2-4-6-13/h2-6,9-11,14,18H,7-8,12,19H2,1H3/t18-/m1/s1. The Kier molecular flexibility index (Phi) is 4.11. The third kappa shape index (κ3) is 3.37. The largest absolute Gasteiger partial charge is 0.493 e. The van der Waals surface area contributed by atoms with Crippen molar-refractivity contribution in [3.63, 3.8) is 0 Å². The number of nitrogens with two attached hydrogens (primary N) is 1. The molecule has 1 aliphatic carbocycles. The second-order valence-corrected chi connectivity index (χ2v) is 5.55. The molecule has 1 atom stereocenters. The summed E-state index contributed by atoms with van der Waals surface area (Å²) in [7, 11) is 1.66. The van der Waals surface area contributed by atoms with Gasteiger partial charge in [-0.3, -0.25) is 0 Å². The van der Waals surface area contributed by atoms with Crippen LogP contribution in [0.2, 0.25) is 0 Å². The predicted octanol–water partition coefficient (Wildman–Crippen LogP) is 3.68. The summed E-state index contributed by atoms with van der Waals surface area (Å²) in [5.74, 6) is 2.14. The molecule has 0 spiro atoms. The van der Waals surface area contributed by atoms with Gasteiger partial charge in [0.2, 0.25) is 0 Å². The number of methoxy groups -OCH3 is 1. The molecule has 0 bridgehead atoms. The highest BCUT2D eigenvalue weighted by atomic mass is 16.5. The minimum atomic E-state index is 0.113. The molecule has 0 aromatic heterocycles. The number of hydrogen-bond acceptors (Lipinski definition) is 3. The first-order valence-corrected chi connectivity index (χ1v) is 7.38. The van der Waals surface area contributed by atoms with E-state index in [0.717, 1.165) is 22.6 Å². The third-order valence-electron chi connectivity index (χ3n) is 3.94. The van der Waals surface area contributed by atoms with E-state index in [1.54, 1.807) is 7.11 Å². The van der Waals surface area contributed by atoms with Crippen LogP contribution in [0.1, 0.15) is 30.0 Å². The summed E-state index contributed by atoms with van der Waals surface area (Å²) in [5, 5.41) is 0. The SMILES string of the molecule is COc1cc([C@H](N)C2CC2)ccc1OCc1ccccc1. The predicted molar refractivity (Wildman–Crippen MR) is 83.4 cm³/mol.